The van der Waals surface area contributed by atoms with Crippen LogP contribution in [0.1, 0.15) is 18.3 Å². The Balaban J connectivity index is 2.01. The predicted octanol–water partition coefficient (Wildman–Crippen LogP) is 1.62. The van der Waals surface area contributed by atoms with Crippen molar-refractivity contribution in [1.29, 1.82) is 0 Å². The average molecular weight is 231 g/mol. The van der Waals surface area contributed by atoms with E-state index in [1.807, 2.05) is 18.2 Å². The fraction of sp³-hybridized carbons (Fsp3) is 0.462. The number of hydrogen-bond donors (Lipinski definition) is 1. The highest BCUT2D eigenvalue weighted by Crippen LogP contribution is 2.22. The molecular formula is C13H17N3O. The second-order valence-corrected chi connectivity index (χ2v) is 4.43. The molecule has 0 bridgehead atoms. The molecule has 17 heavy (non-hydrogen) atoms. The molecule has 1 fully saturated rings. The topological polar surface area (TPSA) is 39.1 Å². The lowest BCUT2D eigenvalue weighted by molar-refractivity contribution is 0.0592. The average Bonchev–Trinajstić information content (AvgIpc) is 2.57. The summed E-state index contributed by atoms with van der Waals surface area (Å²) in [6.45, 7) is 2.68. The SMILES string of the molecule is Cn1c(C2CNCCCO2)nc2ccccc21. The third-order valence-corrected chi connectivity index (χ3v) is 3.26. The van der Waals surface area contributed by atoms with Gasteiger partial charge in [0.05, 0.1) is 11.0 Å². The number of imidazole rings is 1. The molecule has 0 amide bonds. The summed E-state index contributed by atoms with van der Waals surface area (Å²) >= 11 is 0. The fourth-order valence-electron chi connectivity index (χ4n) is 2.33. The van der Waals surface area contributed by atoms with Gasteiger partial charge in [-0.05, 0) is 25.1 Å². The molecule has 4 nitrogen and oxygen atoms in total. The van der Waals surface area contributed by atoms with Gasteiger partial charge in [-0.25, -0.2) is 4.98 Å². The van der Waals surface area contributed by atoms with Crippen molar-refractivity contribution < 1.29 is 4.74 Å². The molecule has 4 heteroatoms. The largest absolute Gasteiger partial charge is 0.369 e. The monoisotopic (exact) mass is 231 g/mol. The van der Waals surface area contributed by atoms with Gasteiger partial charge in [0.1, 0.15) is 11.9 Å². The van der Waals surface area contributed by atoms with Crippen LogP contribution in [-0.4, -0.2) is 29.2 Å². The zero-order chi connectivity index (χ0) is 11.7. The second kappa shape index (κ2) is 4.47. The van der Waals surface area contributed by atoms with Crippen LogP contribution in [0.3, 0.4) is 0 Å². The molecule has 0 saturated carbocycles. The zero-order valence-electron chi connectivity index (χ0n) is 10.0. The first-order valence-corrected chi connectivity index (χ1v) is 6.10. The summed E-state index contributed by atoms with van der Waals surface area (Å²) < 4.78 is 7.99. The molecule has 2 aromatic rings. The molecule has 90 valence electrons. The Morgan fingerprint density at radius 1 is 1.41 bits per heavy atom. The van der Waals surface area contributed by atoms with Crippen molar-refractivity contribution in [3.8, 4) is 0 Å². The smallest absolute Gasteiger partial charge is 0.140 e. The molecule has 1 aliphatic rings. The van der Waals surface area contributed by atoms with Crippen molar-refractivity contribution >= 4 is 11.0 Å². The lowest BCUT2D eigenvalue weighted by Crippen LogP contribution is -2.22. The Labute approximate surface area is 101 Å². The van der Waals surface area contributed by atoms with Gasteiger partial charge in [0.25, 0.3) is 0 Å². The number of benzene rings is 1. The molecule has 1 saturated heterocycles. The number of fused-ring (bicyclic) bond motifs is 1. The summed E-state index contributed by atoms with van der Waals surface area (Å²) in [6.07, 6.45) is 1.13. The summed E-state index contributed by atoms with van der Waals surface area (Å²) in [5.41, 5.74) is 2.20. The molecule has 0 aliphatic carbocycles. The highest BCUT2D eigenvalue weighted by Gasteiger charge is 2.20. The highest BCUT2D eigenvalue weighted by atomic mass is 16.5. The first-order valence-electron chi connectivity index (χ1n) is 6.10. The van der Waals surface area contributed by atoms with E-state index in [1.54, 1.807) is 0 Å². The molecule has 1 aliphatic heterocycles. The summed E-state index contributed by atoms with van der Waals surface area (Å²) in [5.74, 6) is 1.01. The minimum atomic E-state index is 0.0647. The Bertz CT molecular complexity index is 512. The van der Waals surface area contributed by atoms with E-state index in [9.17, 15) is 0 Å². The van der Waals surface area contributed by atoms with Gasteiger partial charge in [-0.2, -0.15) is 0 Å². The van der Waals surface area contributed by atoms with Crippen LogP contribution in [-0.2, 0) is 11.8 Å². The number of aromatic nitrogens is 2. The molecule has 1 aromatic carbocycles. The van der Waals surface area contributed by atoms with Crippen LogP contribution in [0.25, 0.3) is 11.0 Å². The van der Waals surface area contributed by atoms with E-state index in [0.29, 0.717) is 0 Å². The van der Waals surface area contributed by atoms with Gasteiger partial charge >= 0.3 is 0 Å². The summed E-state index contributed by atoms with van der Waals surface area (Å²) in [7, 11) is 2.05. The van der Waals surface area contributed by atoms with E-state index in [4.69, 9.17) is 4.74 Å². The first-order chi connectivity index (χ1) is 8.36. The molecular weight excluding hydrogens is 214 g/mol. The minimum Gasteiger partial charge on any atom is -0.369 e. The van der Waals surface area contributed by atoms with Gasteiger partial charge in [-0.1, -0.05) is 12.1 Å². The van der Waals surface area contributed by atoms with Crippen LogP contribution in [0.2, 0.25) is 0 Å². The third kappa shape index (κ3) is 1.94. The summed E-state index contributed by atoms with van der Waals surface area (Å²) in [5, 5.41) is 3.39. The minimum absolute atomic E-state index is 0.0647. The number of ether oxygens (including phenoxy) is 1. The van der Waals surface area contributed by atoms with Crippen LogP contribution < -0.4 is 5.32 Å². The zero-order valence-corrected chi connectivity index (χ0v) is 10.0. The van der Waals surface area contributed by atoms with Crippen molar-refractivity contribution in [3.63, 3.8) is 0 Å². The second-order valence-electron chi connectivity index (χ2n) is 4.43. The Hall–Kier alpha value is -1.39. The van der Waals surface area contributed by atoms with Crippen molar-refractivity contribution in [2.75, 3.05) is 19.7 Å². The van der Waals surface area contributed by atoms with E-state index < -0.39 is 0 Å². The third-order valence-electron chi connectivity index (χ3n) is 3.26. The lowest BCUT2D eigenvalue weighted by atomic mass is 10.3. The molecule has 1 atom stereocenters. The predicted molar refractivity (Wildman–Crippen MR) is 66.9 cm³/mol. The molecule has 3 rings (SSSR count). The normalized spacial score (nSPS) is 21.6. The van der Waals surface area contributed by atoms with Crippen molar-refractivity contribution in [3.05, 3.63) is 30.1 Å². The van der Waals surface area contributed by atoms with E-state index >= 15 is 0 Å². The van der Waals surface area contributed by atoms with Gasteiger partial charge in [0.2, 0.25) is 0 Å². The standard InChI is InChI=1S/C13H17N3O/c1-16-11-6-3-2-5-10(11)15-13(16)12-9-14-7-4-8-17-12/h2-3,5-6,12,14H,4,7-9H2,1H3. The maximum Gasteiger partial charge on any atom is 0.140 e. The number of nitrogens with zero attached hydrogens (tertiary/aromatic N) is 2. The molecule has 1 aromatic heterocycles. The number of nitrogens with one attached hydrogen (secondary N) is 1. The van der Waals surface area contributed by atoms with Gasteiger partial charge < -0.3 is 14.6 Å². The molecule has 0 spiro atoms. The van der Waals surface area contributed by atoms with E-state index in [2.05, 4.69) is 28.0 Å². The highest BCUT2D eigenvalue weighted by molar-refractivity contribution is 5.75. The molecule has 2 heterocycles. The van der Waals surface area contributed by atoms with Crippen LogP contribution in [0.15, 0.2) is 24.3 Å². The van der Waals surface area contributed by atoms with Crippen LogP contribution in [0.4, 0.5) is 0 Å². The summed E-state index contributed by atoms with van der Waals surface area (Å²) in [4.78, 5) is 4.68. The molecule has 1 N–H and O–H groups in total. The molecule has 1 unspecified atom stereocenters. The number of aryl methyl sites for hydroxylation is 1. The molecule has 0 radical (unpaired) electrons. The van der Waals surface area contributed by atoms with Gasteiger partial charge in [-0.15, -0.1) is 0 Å². The summed E-state index contributed by atoms with van der Waals surface area (Å²) in [6, 6.07) is 8.20. The van der Waals surface area contributed by atoms with Crippen LogP contribution in [0.5, 0.6) is 0 Å². The fourth-order valence-corrected chi connectivity index (χ4v) is 2.33. The van der Waals surface area contributed by atoms with Crippen LogP contribution in [0, 0.1) is 0 Å². The van der Waals surface area contributed by atoms with E-state index in [-0.39, 0.29) is 6.10 Å². The Kier molecular flexibility index (Phi) is 2.82. The van der Waals surface area contributed by atoms with Crippen LogP contribution >= 0.6 is 0 Å². The Morgan fingerprint density at radius 2 is 2.29 bits per heavy atom. The van der Waals surface area contributed by atoms with Gasteiger partial charge in [0, 0.05) is 20.2 Å². The van der Waals surface area contributed by atoms with Gasteiger partial charge in [0.15, 0.2) is 0 Å². The maximum atomic E-state index is 5.85. The maximum absolute atomic E-state index is 5.85. The number of hydrogen-bond acceptors (Lipinski definition) is 3. The van der Waals surface area contributed by atoms with E-state index in [0.717, 1.165) is 43.0 Å². The van der Waals surface area contributed by atoms with E-state index in [1.165, 1.54) is 0 Å². The quantitative estimate of drug-likeness (QED) is 0.810. The first kappa shape index (κ1) is 10.7. The number of rotatable bonds is 1. The van der Waals surface area contributed by atoms with Crippen molar-refractivity contribution in [2.24, 2.45) is 7.05 Å². The van der Waals surface area contributed by atoms with Crippen molar-refractivity contribution in [2.45, 2.75) is 12.5 Å². The lowest BCUT2D eigenvalue weighted by Gasteiger charge is -2.14. The Morgan fingerprint density at radius 3 is 3.18 bits per heavy atom. The number of para-hydroxylation sites is 2. The van der Waals surface area contributed by atoms with Crippen molar-refractivity contribution in [1.82, 2.24) is 14.9 Å². The van der Waals surface area contributed by atoms with Gasteiger partial charge in [-0.3, -0.25) is 0 Å².